The van der Waals surface area contributed by atoms with Crippen LogP contribution in [0.4, 0.5) is 9.18 Å². The predicted molar refractivity (Wildman–Crippen MR) is 117 cm³/mol. The number of halogens is 1. The Labute approximate surface area is 187 Å². The van der Waals surface area contributed by atoms with E-state index >= 15 is 0 Å². The van der Waals surface area contributed by atoms with Crippen LogP contribution in [0.1, 0.15) is 50.3 Å². The largest absolute Gasteiger partial charge is 0.444 e. The fraction of sp³-hybridized carbons (Fsp3) is 0.458. The zero-order chi connectivity index (χ0) is 23.3. The van der Waals surface area contributed by atoms with Gasteiger partial charge in [0, 0.05) is 6.54 Å². The summed E-state index contributed by atoms with van der Waals surface area (Å²) in [5.41, 5.74) is 1.49. The number of aliphatic hydroxyl groups is 1. The molecule has 0 bridgehead atoms. The van der Waals surface area contributed by atoms with Crippen LogP contribution in [0.2, 0.25) is 0 Å². The van der Waals surface area contributed by atoms with Gasteiger partial charge in [-0.3, -0.25) is 0 Å². The lowest BCUT2D eigenvalue weighted by molar-refractivity contribution is 0.0202. The van der Waals surface area contributed by atoms with Crippen molar-refractivity contribution in [3.8, 4) is 0 Å². The Bertz CT molecular complexity index is 1140. The molecule has 0 aromatic heterocycles. The molecule has 0 unspecified atom stereocenters. The highest BCUT2D eigenvalue weighted by atomic mass is 32.2. The number of fused-ring (bicyclic) bond motifs is 3. The van der Waals surface area contributed by atoms with Crippen LogP contribution in [-0.2, 0) is 32.3 Å². The average Bonchev–Trinajstić information content (AvgIpc) is 3.14. The van der Waals surface area contributed by atoms with Gasteiger partial charge in [0.25, 0.3) is 0 Å². The first kappa shape index (κ1) is 22.7. The van der Waals surface area contributed by atoms with Gasteiger partial charge in [0.2, 0.25) is 0 Å². The Morgan fingerprint density at radius 3 is 2.53 bits per heavy atom. The van der Waals surface area contributed by atoms with Gasteiger partial charge in [-0.05, 0) is 81.0 Å². The van der Waals surface area contributed by atoms with Crippen LogP contribution >= 0.6 is 0 Å². The van der Waals surface area contributed by atoms with Crippen LogP contribution < -0.4 is 0 Å². The molecule has 32 heavy (non-hydrogen) atoms. The molecule has 172 valence electrons. The molecule has 6 nitrogen and oxygen atoms in total. The minimum Gasteiger partial charge on any atom is -0.444 e. The standard InChI is InChI=1S/C24H28FNO5S/c1-23(2,3)31-22(28)26-13-12-24(32(29,30)19-8-6-18(25)7-9-19)20-10-4-16(15-27)14-17(20)5-11-21(24)26/h4,6-10,14,21,27H,5,11-13,15H2,1-3H3/t21-,24-/m1/s1. The maximum absolute atomic E-state index is 14.1. The van der Waals surface area contributed by atoms with Gasteiger partial charge in [-0.1, -0.05) is 18.2 Å². The van der Waals surface area contributed by atoms with Crippen LogP contribution in [0.15, 0.2) is 47.4 Å². The van der Waals surface area contributed by atoms with Crippen LogP contribution in [0.3, 0.4) is 0 Å². The highest BCUT2D eigenvalue weighted by molar-refractivity contribution is 7.92. The van der Waals surface area contributed by atoms with Crippen molar-refractivity contribution in [2.75, 3.05) is 6.54 Å². The number of hydrogen-bond acceptors (Lipinski definition) is 5. The van der Waals surface area contributed by atoms with E-state index in [-0.39, 0.29) is 24.5 Å². The minimum atomic E-state index is -4.00. The Morgan fingerprint density at radius 1 is 1.22 bits per heavy atom. The lowest BCUT2D eigenvalue weighted by Gasteiger charge is -2.42. The van der Waals surface area contributed by atoms with Gasteiger partial charge >= 0.3 is 6.09 Å². The molecule has 4 rings (SSSR count). The molecule has 1 heterocycles. The number of carbonyl (C=O) groups excluding carboxylic acids is 1. The molecule has 1 saturated heterocycles. The van der Waals surface area contributed by atoms with Crippen molar-refractivity contribution < 1.29 is 27.4 Å². The predicted octanol–water partition coefficient (Wildman–Crippen LogP) is 3.94. The van der Waals surface area contributed by atoms with E-state index in [1.165, 1.54) is 17.0 Å². The molecule has 0 radical (unpaired) electrons. The van der Waals surface area contributed by atoms with Gasteiger partial charge in [0.1, 0.15) is 16.2 Å². The van der Waals surface area contributed by atoms with E-state index in [4.69, 9.17) is 4.74 Å². The number of ether oxygens (including phenoxy) is 1. The van der Waals surface area contributed by atoms with Crippen molar-refractivity contribution in [1.29, 1.82) is 0 Å². The summed E-state index contributed by atoms with van der Waals surface area (Å²) in [7, 11) is -4.00. The van der Waals surface area contributed by atoms with E-state index in [1.807, 2.05) is 6.07 Å². The van der Waals surface area contributed by atoms with E-state index in [9.17, 15) is 22.7 Å². The summed E-state index contributed by atoms with van der Waals surface area (Å²) in [6, 6.07) is 9.54. The number of likely N-dealkylation sites (tertiary alicyclic amines) is 1. The Kier molecular flexibility index (Phi) is 5.57. The summed E-state index contributed by atoms with van der Waals surface area (Å²) >= 11 is 0. The molecule has 2 aromatic carbocycles. The fourth-order valence-corrected chi connectivity index (χ4v) is 7.41. The molecule has 8 heteroatoms. The average molecular weight is 462 g/mol. The second-order valence-corrected chi connectivity index (χ2v) is 11.7. The van der Waals surface area contributed by atoms with E-state index in [0.29, 0.717) is 24.0 Å². The smallest absolute Gasteiger partial charge is 0.410 e. The normalized spacial score (nSPS) is 22.9. The van der Waals surface area contributed by atoms with Crippen molar-refractivity contribution in [3.63, 3.8) is 0 Å². The lowest BCUT2D eigenvalue weighted by atomic mass is 9.78. The van der Waals surface area contributed by atoms with Crippen LogP contribution in [-0.4, -0.2) is 42.7 Å². The maximum atomic E-state index is 14.1. The zero-order valence-corrected chi connectivity index (χ0v) is 19.3. The third-order valence-electron chi connectivity index (χ3n) is 6.37. The highest BCUT2D eigenvalue weighted by Crippen LogP contribution is 2.53. The summed E-state index contributed by atoms with van der Waals surface area (Å²) in [6.07, 6.45) is 0.700. The van der Waals surface area contributed by atoms with E-state index < -0.39 is 38.1 Å². The summed E-state index contributed by atoms with van der Waals surface area (Å²) in [5.74, 6) is -0.517. The molecule has 0 spiro atoms. The first-order valence-electron chi connectivity index (χ1n) is 10.7. The number of hydrogen-bond donors (Lipinski definition) is 1. The molecule has 0 saturated carbocycles. The number of nitrogens with zero attached hydrogens (tertiary/aromatic N) is 1. The third kappa shape index (κ3) is 3.59. The number of aliphatic hydroxyl groups excluding tert-OH is 1. The highest BCUT2D eigenvalue weighted by Gasteiger charge is 2.61. The number of benzene rings is 2. The number of carbonyl (C=O) groups is 1. The Morgan fingerprint density at radius 2 is 1.91 bits per heavy atom. The fourth-order valence-electron chi connectivity index (χ4n) is 5.04. The molecule has 1 aliphatic heterocycles. The molecule has 2 atom stereocenters. The number of rotatable bonds is 3. The second kappa shape index (κ2) is 7.85. The maximum Gasteiger partial charge on any atom is 0.410 e. The van der Waals surface area contributed by atoms with Crippen molar-refractivity contribution >= 4 is 15.9 Å². The molecule has 1 aliphatic carbocycles. The van der Waals surface area contributed by atoms with Gasteiger partial charge < -0.3 is 14.7 Å². The Hall–Kier alpha value is -2.45. The molecule has 1 fully saturated rings. The molecular formula is C24H28FNO5S. The minimum absolute atomic E-state index is 0.0222. The van der Waals surface area contributed by atoms with E-state index in [2.05, 4.69) is 0 Å². The number of sulfone groups is 1. The molecular weight excluding hydrogens is 433 g/mol. The van der Waals surface area contributed by atoms with Crippen LogP contribution in [0.25, 0.3) is 0 Å². The first-order valence-corrected chi connectivity index (χ1v) is 12.2. The monoisotopic (exact) mass is 461 g/mol. The quantitative estimate of drug-likeness (QED) is 0.700. The Balaban J connectivity index is 1.88. The van der Waals surface area contributed by atoms with Gasteiger partial charge in [-0.15, -0.1) is 0 Å². The second-order valence-electron chi connectivity index (χ2n) is 9.47. The summed E-state index contributed by atoms with van der Waals surface area (Å²) in [5, 5.41) is 9.55. The molecule has 2 aliphatic rings. The van der Waals surface area contributed by atoms with Crippen molar-refractivity contribution in [1.82, 2.24) is 4.90 Å². The van der Waals surface area contributed by atoms with Gasteiger partial charge in [0.05, 0.1) is 17.5 Å². The summed E-state index contributed by atoms with van der Waals surface area (Å²) < 4.78 is 46.0. The van der Waals surface area contributed by atoms with Crippen molar-refractivity contribution in [3.05, 3.63) is 65.0 Å². The number of amides is 1. The van der Waals surface area contributed by atoms with Gasteiger partial charge in [0.15, 0.2) is 9.84 Å². The lowest BCUT2D eigenvalue weighted by Crippen LogP contribution is -2.52. The summed E-state index contributed by atoms with van der Waals surface area (Å²) in [6.45, 7) is 5.42. The van der Waals surface area contributed by atoms with Crippen LogP contribution in [0.5, 0.6) is 0 Å². The molecule has 2 aromatic rings. The van der Waals surface area contributed by atoms with E-state index in [1.54, 1.807) is 32.9 Å². The molecule has 1 amide bonds. The van der Waals surface area contributed by atoms with Crippen molar-refractivity contribution in [2.24, 2.45) is 0 Å². The van der Waals surface area contributed by atoms with E-state index in [0.717, 1.165) is 17.7 Å². The topological polar surface area (TPSA) is 83.9 Å². The van der Waals surface area contributed by atoms with Crippen LogP contribution in [0, 0.1) is 5.82 Å². The van der Waals surface area contributed by atoms with Crippen molar-refractivity contribution in [2.45, 2.75) is 67.9 Å². The number of aryl methyl sites for hydroxylation is 1. The zero-order valence-electron chi connectivity index (χ0n) is 18.5. The van der Waals surface area contributed by atoms with Gasteiger partial charge in [-0.2, -0.15) is 0 Å². The molecule has 1 N–H and O–H groups in total. The van der Waals surface area contributed by atoms with Gasteiger partial charge in [-0.25, -0.2) is 17.6 Å². The first-order chi connectivity index (χ1) is 15.0. The summed E-state index contributed by atoms with van der Waals surface area (Å²) in [4.78, 5) is 14.6. The third-order valence-corrected chi connectivity index (χ3v) is 8.91. The SMILES string of the molecule is CC(C)(C)OC(=O)N1CC[C@@]2(S(=O)(=O)c3ccc(F)cc3)c3ccc(CO)cc3CC[C@@H]12.